The molecule has 0 aromatic heterocycles. The van der Waals surface area contributed by atoms with E-state index in [0.717, 1.165) is 25.1 Å². The van der Waals surface area contributed by atoms with Gasteiger partial charge in [0.1, 0.15) is 0 Å². The van der Waals surface area contributed by atoms with Crippen molar-refractivity contribution in [2.45, 2.75) is 13.3 Å². The Balaban J connectivity index is 2.42. The van der Waals surface area contributed by atoms with Crippen molar-refractivity contribution in [2.75, 3.05) is 39.0 Å². The Kier molecular flexibility index (Phi) is 6.84. The number of benzene rings is 1. The molecule has 1 aromatic carbocycles. The maximum atomic E-state index is 11.9. The molecule has 0 fully saturated rings. The minimum absolute atomic E-state index is 0.0438. The Hall–Kier alpha value is -1.10. The molecule has 0 bridgehead atoms. The van der Waals surface area contributed by atoms with Gasteiger partial charge in [0, 0.05) is 0 Å². The summed E-state index contributed by atoms with van der Waals surface area (Å²) in [6.07, 6.45) is 1.02. The highest BCUT2D eigenvalue weighted by Crippen LogP contribution is 2.22. The third-order valence-electron chi connectivity index (χ3n) is 2.78. The van der Waals surface area contributed by atoms with Crippen LogP contribution < -0.4 is 10.6 Å². The second kappa shape index (κ2) is 8.15. The largest absolute Gasteiger partial charge is 0.324 e. The maximum absolute atomic E-state index is 11.9. The van der Waals surface area contributed by atoms with Crippen LogP contribution in [0.5, 0.6) is 0 Å². The molecule has 0 radical (unpaired) electrons. The first-order chi connectivity index (χ1) is 9.02. The zero-order valence-electron chi connectivity index (χ0n) is 11.8. The van der Waals surface area contributed by atoms with E-state index in [1.54, 1.807) is 0 Å². The molecule has 0 spiro atoms. The van der Waals surface area contributed by atoms with E-state index in [4.69, 9.17) is 11.6 Å². The van der Waals surface area contributed by atoms with Crippen LogP contribution >= 0.6 is 11.6 Å². The van der Waals surface area contributed by atoms with Gasteiger partial charge in [-0.05, 0) is 58.2 Å². The van der Waals surface area contributed by atoms with E-state index in [-0.39, 0.29) is 5.91 Å². The fourth-order valence-corrected chi connectivity index (χ4v) is 2.04. The van der Waals surface area contributed by atoms with E-state index in [1.807, 2.05) is 44.1 Å². The molecule has 19 heavy (non-hydrogen) atoms. The predicted octanol–water partition coefficient (Wildman–Crippen LogP) is 2.13. The summed E-state index contributed by atoms with van der Waals surface area (Å²) in [6.45, 7) is 4.17. The number of rotatable bonds is 7. The fraction of sp³-hybridized carbons (Fsp3) is 0.500. The zero-order chi connectivity index (χ0) is 14.3. The molecule has 0 atom stereocenters. The van der Waals surface area contributed by atoms with Gasteiger partial charge in [0.2, 0.25) is 5.91 Å². The monoisotopic (exact) mass is 283 g/mol. The molecule has 0 heterocycles. The van der Waals surface area contributed by atoms with Gasteiger partial charge in [0.05, 0.1) is 17.3 Å². The number of hydrogen-bond acceptors (Lipinski definition) is 3. The highest BCUT2D eigenvalue weighted by Gasteiger charge is 2.08. The van der Waals surface area contributed by atoms with Crippen LogP contribution in [0.2, 0.25) is 5.02 Å². The average molecular weight is 284 g/mol. The number of amides is 1. The van der Waals surface area contributed by atoms with Gasteiger partial charge < -0.3 is 10.6 Å². The molecule has 1 aromatic rings. The van der Waals surface area contributed by atoms with Gasteiger partial charge >= 0.3 is 0 Å². The summed E-state index contributed by atoms with van der Waals surface area (Å²) in [4.78, 5) is 13.9. The van der Waals surface area contributed by atoms with Gasteiger partial charge in [0.25, 0.3) is 0 Å². The predicted molar refractivity (Wildman–Crippen MR) is 80.9 cm³/mol. The third-order valence-corrected chi connectivity index (χ3v) is 3.09. The van der Waals surface area contributed by atoms with Crippen LogP contribution in [0.1, 0.15) is 12.0 Å². The number of nitrogens with zero attached hydrogens (tertiary/aromatic N) is 1. The molecule has 0 saturated heterocycles. The van der Waals surface area contributed by atoms with Crippen LogP contribution in [0.25, 0.3) is 0 Å². The number of carbonyl (C=O) groups is 1. The summed E-state index contributed by atoms with van der Waals surface area (Å²) in [5.74, 6) is -0.0438. The molecular weight excluding hydrogens is 262 g/mol. The highest BCUT2D eigenvalue weighted by molar-refractivity contribution is 6.33. The molecule has 0 aliphatic rings. The summed E-state index contributed by atoms with van der Waals surface area (Å²) < 4.78 is 0. The summed E-state index contributed by atoms with van der Waals surface area (Å²) in [5, 5.41) is 6.49. The van der Waals surface area contributed by atoms with Crippen LogP contribution in [-0.2, 0) is 4.79 Å². The van der Waals surface area contributed by atoms with Crippen LogP contribution in [0, 0.1) is 6.92 Å². The van der Waals surface area contributed by atoms with Gasteiger partial charge in [-0.1, -0.05) is 17.7 Å². The lowest BCUT2D eigenvalue weighted by Crippen LogP contribution is -2.32. The Morgan fingerprint density at radius 2 is 2.16 bits per heavy atom. The molecule has 5 heteroatoms. The molecule has 0 aliphatic carbocycles. The Morgan fingerprint density at radius 3 is 2.79 bits per heavy atom. The SMILES string of the molecule is CNCCCN(C)CC(=O)Nc1ccc(C)cc1Cl. The molecule has 1 rings (SSSR count). The summed E-state index contributed by atoms with van der Waals surface area (Å²) in [7, 11) is 3.86. The number of nitrogens with one attached hydrogen (secondary N) is 2. The van der Waals surface area contributed by atoms with Gasteiger partial charge in [-0.3, -0.25) is 9.69 Å². The first kappa shape index (κ1) is 16.0. The van der Waals surface area contributed by atoms with Crippen LogP contribution in [0.3, 0.4) is 0 Å². The molecule has 0 unspecified atom stereocenters. The lowest BCUT2D eigenvalue weighted by atomic mass is 10.2. The topological polar surface area (TPSA) is 44.4 Å². The minimum atomic E-state index is -0.0438. The molecule has 0 saturated carbocycles. The quantitative estimate of drug-likeness (QED) is 0.754. The van der Waals surface area contributed by atoms with Crippen LogP contribution in [-0.4, -0.2) is 44.5 Å². The zero-order valence-corrected chi connectivity index (χ0v) is 12.5. The number of hydrogen-bond donors (Lipinski definition) is 2. The first-order valence-electron chi connectivity index (χ1n) is 6.42. The Labute approximate surface area is 120 Å². The molecular formula is C14H22ClN3O. The van der Waals surface area contributed by atoms with Crippen LogP contribution in [0.15, 0.2) is 18.2 Å². The average Bonchev–Trinajstić information content (AvgIpc) is 2.33. The third kappa shape index (κ3) is 6.05. The number of halogens is 1. The number of carbonyl (C=O) groups excluding carboxylic acids is 1. The molecule has 106 valence electrons. The molecule has 4 nitrogen and oxygen atoms in total. The second-order valence-electron chi connectivity index (χ2n) is 4.73. The van der Waals surface area contributed by atoms with Crippen molar-refractivity contribution < 1.29 is 4.79 Å². The van der Waals surface area contributed by atoms with E-state index in [1.165, 1.54) is 0 Å². The molecule has 1 amide bonds. The summed E-state index contributed by atoms with van der Waals surface area (Å²) in [5.41, 5.74) is 1.74. The standard InChI is InChI=1S/C14H22ClN3O/c1-11-5-6-13(12(15)9-11)17-14(19)10-18(3)8-4-7-16-2/h5-6,9,16H,4,7-8,10H2,1-3H3,(H,17,19). The Morgan fingerprint density at radius 1 is 1.42 bits per heavy atom. The molecule has 0 aliphatic heterocycles. The minimum Gasteiger partial charge on any atom is -0.324 e. The van der Waals surface area contributed by atoms with Crippen molar-refractivity contribution in [1.29, 1.82) is 0 Å². The fourth-order valence-electron chi connectivity index (χ4n) is 1.76. The lowest BCUT2D eigenvalue weighted by Gasteiger charge is -2.16. The van der Waals surface area contributed by atoms with Gasteiger partial charge in [-0.2, -0.15) is 0 Å². The van der Waals surface area contributed by atoms with E-state index < -0.39 is 0 Å². The number of anilines is 1. The number of aryl methyl sites for hydroxylation is 1. The van der Waals surface area contributed by atoms with E-state index in [0.29, 0.717) is 17.3 Å². The lowest BCUT2D eigenvalue weighted by molar-refractivity contribution is -0.117. The maximum Gasteiger partial charge on any atom is 0.238 e. The van der Waals surface area contributed by atoms with Crippen molar-refractivity contribution in [3.8, 4) is 0 Å². The van der Waals surface area contributed by atoms with E-state index in [2.05, 4.69) is 10.6 Å². The van der Waals surface area contributed by atoms with Gasteiger partial charge in [0.15, 0.2) is 0 Å². The van der Waals surface area contributed by atoms with Gasteiger partial charge in [-0.15, -0.1) is 0 Å². The van der Waals surface area contributed by atoms with Crippen molar-refractivity contribution in [2.24, 2.45) is 0 Å². The normalized spacial score (nSPS) is 10.8. The second-order valence-corrected chi connectivity index (χ2v) is 5.13. The van der Waals surface area contributed by atoms with Crippen molar-refractivity contribution in [1.82, 2.24) is 10.2 Å². The summed E-state index contributed by atoms with van der Waals surface area (Å²) in [6, 6.07) is 5.60. The Bertz CT molecular complexity index is 423. The van der Waals surface area contributed by atoms with Crippen molar-refractivity contribution >= 4 is 23.2 Å². The van der Waals surface area contributed by atoms with Crippen LogP contribution in [0.4, 0.5) is 5.69 Å². The summed E-state index contributed by atoms with van der Waals surface area (Å²) >= 11 is 6.08. The van der Waals surface area contributed by atoms with Crippen molar-refractivity contribution in [3.63, 3.8) is 0 Å². The highest BCUT2D eigenvalue weighted by atomic mass is 35.5. The van der Waals surface area contributed by atoms with E-state index in [9.17, 15) is 4.79 Å². The molecule has 2 N–H and O–H groups in total. The number of likely N-dealkylation sites (N-methyl/N-ethyl adjacent to an activating group) is 1. The van der Waals surface area contributed by atoms with Gasteiger partial charge in [-0.25, -0.2) is 0 Å². The van der Waals surface area contributed by atoms with Crippen molar-refractivity contribution in [3.05, 3.63) is 28.8 Å². The first-order valence-corrected chi connectivity index (χ1v) is 6.80. The smallest absolute Gasteiger partial charge is 0.238 e. The van der Waals surface area contributed by atoms with E-state index >= 15 is 0 Å².